The lowest BCUT2D eigenvalue weighted by molar-refractivity contribution is -0.145. The third-order valence-corrected chi connectivity index (χ3v) is 10.2. The first-order chi connectivity index (χ1) is 23.3. The zero-order valence-corrected chi connectivity index (χ0v) is 28.7. The van der Waals surface area contributed by atoms with Gasteiger partial charge in [0.1, 0.15) is 12.1 Å². The van der Waals surface area contributed by atoms with Crippen LogP contribution in [0.25, 0.3) is 0 Å². The highest BCUT2D eigenvalue weighted by Crippen LogP contribution is 2.48. The van der Waals surface area contributed by atoms with Gasteiger partial charge >= 0.3 is 5.91 Å². The van der Waals surface area contributed by atoms with Gasteiger partial charge in [0, 0.05) is 29.3 Å². The van der Waals surface area contributed by atoms with Gasteiger partial charge in [-0.15, -0.1) is 0 Å². The van der Waals surface area contributed by atoms with E-state index in [1.54, 1.807) is 18.2 Å². The molecule has 2 heterocycles. The first-order valence-electron chi connectivity index (χ1n) is 16.8. The number of benzene rings is 2. The normalized spacial score (nSPS) is 25.5. The van der Waals surface area contributed by atoms with E-state index in [4.69, 9.17) is 22.3 Å². The third-order valence-electron chi connectivity index (χ3n) is 9.99. The summed E-state index contributed by atoms with van der Waals surface area (Å²) in [6.07, 6.45) is 3.12. The van der Waals surface area contributed by atoms with E-state index in [-0.39, 0.29) is 43.0 Å². The number of hydrogen-bond donors (Lipinski definition) is 4. The summed E-state index contributed by atoms with van der Waals surface area (Å²) in [5, 5.41) is 10.7. The molecule has 260 valence electrons. The maximum atomic E-state index is 14.6. The number of rotatable bonds is 11. The molecule has 0 radical (unpaired) electrons. The van der Waals surface area contributed by atoms with Crippen molar-refractivity contribution in [2.24, 2.45) is 28.2 Å². The van der Waals surface area contributed by atoms with E-state index >= 15 is 0 Å². The first-order valence-corrected chi connectivity index (χ1v) is 17.2. The monoisotopic (exact) mass is 690 g/mol. The molecule has 6 atom stereocenters. The maximum Gasteiger partial charge on any atom is 0.303 e. The molecule has 2 aromatic carbocycles. The Morgan fingerprint density at radius 2 is 1.78 bits per heavy atom. The van der Waals surface area contributed by atoms with E-state index in [1.807, 2.05) is 62.6 Å². The molecule has 6 rings (SSSR count). The molecule has 5 N–H and O–H groups in total. The number of nitrogens with one attached hydrogen (secondary N) is 3. The smallest absolute Gasteiger partial charge is 0.303 e. The van der Waals surface area contributed by atoms with Crippen LogP contribution in [0.1, 0.15) is 76.3 Å². The second kappa shape index (κ2) is 13.5. The average molecular weight is 691 g/mol. The van der Waals surface area contributed by atoms with Crippen LogP contribution in [-0.4, -0.2) is 70.3 Å². The van der Waals surface area contributed by atoms with Crippen molar-refractivity contribution in [3.05, 3.63) is 70.7 Å². The highest BCUT2D eigenvalue weighted by atomic mass is 35.5. The second-order valence-electron chi connectivity index (χ2n) is 14.9. The van der Waals surface area contributed by atoms with Gasteiger partial charge in [-0.25, -0.2) is 5.84 Å². The number of hydrogen-bond acceptors (Lipinski definition) is 8. The number of halogens is 1. The van der Waals surface area contributed by atoms with Crippen molar-refractivity contribution in [2.75, 3.05) is 6.54 Å². The molecule has 4 amide bonds. The van der Waals surface area contributed by atoms with Crippen LogP contribution in [0.2, 0.25) is 5.02 Å². The van der Waals surface area contributed by atoms with Crippen molar-refractivity contribution < 1.29 is 28.8 Å². The Hall–Kier alpha value is -4.29. The van der Waals surface area contributed by atoms with Crippen molar-refractivity contribution >= 4 is 46.7 Å². The summed E-state index contributed by atoms with van der Waals surface area (Å²) in [6, 6.07) is 13.8. The van der Waals surface area contributed by atoms with Gasteiger partial charge in [0.25, 0.3) is 0 Å². The lowest BCUT2D eigenvalue weighted by atomic mass is 9.85. The fourth-order valence-electron chi connectivity index (χ4n) is 6.98. The van der Waals surface area contributed by atoms with E-state index in [0.29, 0.717) is 23.6 Å². The van der Waals surface area contributed by atoms with Crippen molar-refractivity contribution in [1.29, 1.82) is 0 Å². The molecule has 0 unspecified atom stereocenters. The standard InChI is InChI=1S/C36H43ClN6O6/c1-35(2,3)30(40-31(45)25-16-24(25)21-8-5-4-6-9-21)34(48)43-19-36(17-27(42-49-36)22-10-7-11-23(37)15-22)18-28(43)32(46)39-26(14-20-12-13-20)29(44)33(47)41-38/h4-11,15,20,24-26,28,30H,12-14,16-19,38H2,1-3H3,(H,39,46)(H,40,45)(H,41,47)/t24-,25+,26+,28+,30-,36-/m1/s1. The van der Waals surface area contributed by atoms with Crippen LogP contribution in [0.5, 0.6) is 0 Å². The molecule has 2 saturated carbocycles. The minimum absolute atomic E-state index is 0.0144. The van der Waals surface area contributed by atoms with Crippen molar-refractivity contribution in [3.63, 3.8) is 0 Å². The summed E-state index contributed by atoms with van der Waals surface area (Å²) < 4.78 is 0. The van der Waals surface area contributed by atoms with Crippen LogP contribution < -0.4 is 21.9 Å². The molecule has 0 bridgehead atoms. The molecule has 3 fully saturated rings. The summed E-state index contributed by atoms with van der Waals surface area (Å²) >= 11 is 6.24. The van der Waals surface area contributed by atoms with E-state index in [9.17, 15) is 24.0 Å². The highest BCUT2D eigenvalue weighted by molar-refractivity contribution is 6.38. The lowest BCUT2D eigenvalue weighted by Gasteiger charge is -2.35. The molecule has 2 aromatic rings. The molecule has 2 aliphatic heterocycles. The van der Waals surface area contributed by atoms with E-state index < -0.39 is 52.6 Å². The number of ketones is 1. The maximum absolute atomic E-state index is 14.6. The Kier molecular flexibility index (Phi) is 9.56. The summed E-state index contributed by atoms with van der Waals surface area (Å²) in [5.74, 6) is 2.13. The lowest BCUT2D eigenvalue weighted by Crippen LogP contribution is -2.59. The predicted molar refractivity (Wildman–Crippen MR) is 182 cm³/mol. The van der Waals surface area contributed by atoms with Crippen LogP contribution in [-0.2, 0) is 28.8 Å². The van der Waals surface area contributed by atoms with Crippen LogP contribution >= 0.6 is 11.6 Å². The van der Waals surface area contributed by atoms with Crippen LogP contribution in [0.15, 0.2) is 59.8 Å². The molecular weight excluding hydrogens is 648 g/mol. The number of hydrazine groups is 1. The Bertz CT molecular complexity index is 1670. The van der Waals surface area contributed by atoms with Gasteiger partial charge in [0.2, 0.25) is 23.5 Å². The number of carbonyl (C=O) groups excluding carboxylic acids is 5. The fourth-order valence-corrected chi connectivity index (χ4v) is 7.18. The van der Waals surface area contributed by atoms with Gasteiger partial charge in [0.05, 0.1) is 18.3 Å². The summed E-state index contributed by atoms with van der Waals surface area (Å²) in [5.41, 5.74) is 2.56. The molecular formula is C36H43ClN6O6. The summed E-state index contributed by atoms with van der Waals surface area (Å²) in [6.45, 7) is 5.60. The van der Waals surface area contributed by atoms with E-state index in [2.05, 4.69) is 15.8 Å². The summed E-state index contributed by atoms with van der Waals surface area (Å²) in [4.78, 5) is 75.0. The minimum atomic E-state index is -1.11. The Morgan fingerprint density at radius 3 is 2.43 bits per heavy atom. The minimum Gasteiger partial charge on any atom is -0.387 e. The zero-order chi connectivity index (χ0) is 35.1. The molecule has 2 aliphatic carbocycles. The predicted octanol–water partition coefficient (Wildman–Crippen LogP) is 2.98. The van der Waals surface area contributed by atoms with Gasteiger partial charge in [-0.05, 0) is 47.8 Å². The van der Waals surface area contributed by atoms with Crippen molar-refractivity contribution in [2.45, 2.75) is 88.9 Å². The number of nitrogens with two attached hydrogens (primary N) is 1. The van der Waals surface area contributed by atoms with Gasteiger partial charge in [0.15, 0.2) is 5.60 Å². The van der Waals surface area contributed by atoms with Gasteiger partial charge in [-0.2, -0.15) is 0 Å². The van der Waals surface area contributed by atoms with Crippen LogP contribution in [0.3, 0.4) is 0 Å². The zero-order valence-electron chi connectivity index (χ0n) is 27.9. The molecule has 1 spiro atoms. The molecule has 13 heteroatoms. The fraction of sp³-hybridized carbons (Fsp3) is 0.500. The Morgan fingerprint density at radius 1 is 1.04 bits per heavy atom. The van der Waals surface area contributed by atoms with Gasteiger partial charge < -0.3 is 20.4 Å². The molecule has 0 aromatic heterocycles. The first kappa shape index (κ1) is 34.6. The largest absolute Gasteiger partial charge is 0.387 e. The Balaban J connectivity index is 1.25. The van der Waals surface area contributed by atoms with E-state index in [0.717, 1.165) is 24.0 Å². The topological polar surface area (TPSA) is 172 Å². The number of likely N-dealkylation sites (tertiary alicyclic amines) is 1. The number of carbonyl (C=O) groups is 5. The third kappa shape index (κ3) is 7.65. The molecule has 1 saturated heterocycles. The van der Waals surface area contributed by atoms with Gasteiger partial charge in [-0.3, -0.25) is 29.4 Å². The average Bonchev–Trinajstić information content (AvgIpc) is 4.00. The SMILES string of the molecule is CC(C)(C)[C@H](NC(=O)[C@H]1C[C@@H]1c1ccccc1)C(=O)N1C[C@@]2(CC(c3cccc(Cl)c3)=NO2)C[C@H]1C(=O)N[C@@H](CC1CC1)C(=O)C(=O)NN. The second-order valence-corrected chi connectivity index (χ2v) is 15.4. The van der Waals surface area contributed by atoms with Crippen LogP contribution in [0.4, 0.5) is 0 Å². The van der Waals surface area contributed by atoms with Gasteiger partial charge in [-0.1, -0.05) is 92.8 Å². The number of Topliss-reactive ketones (excluding diaryl/α,β-unsaturated/α-hetero) is 1. The van der Waals surface area contributed by atoms with E-state index in [1.165, 1.54) is 4.90 Å². The highest BCUT2D eigenvalue weighted by Gasteiger charge is 2.56. The quantitative estimate of drug-likeness (QED) is 0.121. The molecule has 4 aliphatic rings. The Labute approximate surface area is 290 Å². The number of oxime groups is 1. The number of amides is 4. The van der Waals surface area contributed by atoms with Crippen LogP contribution in [0, 0.1) is 17.3 Å². The number of nitrogens with zero attached hydrogens (tertiary/aromatic N) is 2. The van der Waals surface area contributed by atoms with Crippen molar-refractivity contribution in [3.8, 4) is 0 Å². The van der Waals surface area contributed by atoms with Crippen molar-refractivity contribution in [1.82, 2.24) is 21.0 Å². The molecule has 49 heavy (non-hydrogen) atoms. The summed E-state index contributed by atoms with van der Waals surface area (Å²) in [7, 11) is 0. The molecule has 12 nitrogen and oxygen atoms in total.